The van der Waals surface area contributed by atoms with Crippen molar-refractivity contribution in [3.05, 3.63) is 77.0 Å². The summed E-state index contributed by atoms with van der Waals surface area (Å²) in [6, 6.07) is 15.2. The van der Waals surface area contributed by atoms with Crippen molar-refractivity contribution in [2.75, 3.05) is 0 Å². The van der Waals surface area contributed by atoms with E-state index in [1.165, 1.54) is 0 Å². The minimum Gasteiger partial charge on any atom is -0.314 e. The first-order valence-corrected chi connectivity index (χ1v) is 6.83. The van der Waals surface area contributed by atoms with Crippen LogP contribution in [0.5, 0.6) is 0 Å². The highest BCUT2D eigenvalue weighted by molar-refractivity contribution is 5.81. The summed E-state index contributed by atoms with van der Waals surface area (Å²) in [6.07, 6.45) is 4.17. The molecule has 21 heavy (non-hydrogen) atoms. The van der Waals surface area contributed by atoms with E-state index in [1.54, 1.807) is 10.8 Å². The Morgan fingerprint density at radius 2 is 1.90 bits per heavy atom. The maximum Gasteiger partial charge on any atom is 0.258 e. The van der Waals surface area contributed by atoms with Crippen LogP contribution in [0.1, 0.15) is 12.1 Å². The Kier molecular flexibility index (Phi) is 3.79. The van der Waals surface area contributed by atoms with Gasteiger partial charge in [0.1, 0.15) is 5.69 Å². The van der Waals surface area contributed by atoms with Gasteiger partial charge < -0.3 is 4.57 Å². The SMILES string of the molecule is O=c1c2ccccc2ccn1CCC#Cc1ccccn1. The number of nitrogens with zero attached hydrogens (tertiary/aromatic N) is 2. The predicted octanol–water partition coefficient (Wildman–Crippen LogP) is 2.84. The van der Waals surface area contributed by atoms with Crippen molar-refractivity contribution in [3.8, 4) is 11.8 Å². The lowest BCUT2D eigenvalue weighted by Gasteiger charge is -2.04. The van der Waals surface area contributed by atoms with Crippen molar-refractivity contribution >= 4 is 10.8 Å². The van der Waals surface area contributed by atoms with Gasteiger partial charge in [0.15, 0.2) is 0 Å². The van der Waals surface area contributed by atoms with E-state index in [-0.39, 0.29) is 5.56 Å². The van der Waals surface area contributed by atoms with E-state index in [2.05, 4.69) is 16.8 Å². The summed E-state index contributed by atoms with van der Waals surface area (Å²) in [4.78, 5) is 16.4. The second-order valence-electron chi connectivity index (χ2n) is 4.67. The van der Waals surface area contributed by atoms with E-state index in [0.29, 0.717) is 13.0 Å². The molecule has 0 saturated carbocycles. The predicted molar refractivity (Wildman–Crippen MR) is 83.9 cm³/mol. The zero-order valence-electron chi connectivity index (χ0n) is 11.5. The van der Waals surface area contributed by atoms with Crippen LogP contribution in [-0.2, 0) is 6.54 Å². The quantitative estimate of drug-likeness (QED) is 0.673. The Bertz CT molecular complexity index is 870. The molecule has 3 rings (SSSR count). The molecule has 0 amide bonds. The molecular formula is C18H14N2O. The van der Waals surface area contributed by atoms with Gasteiger partial charge in [0.25, 0.3) is 5.56 Å². The number of hydrogen-bond donors (Lipinski definition) is 0. The first kappa shape index (κ1) is 13.1. The molecule has 0 aliphatic carbocycles. The molecule has 2 aromatic heterocycles. The molecule has 102 valence electrons. The maximum atomic E-state index is 12.3. The van der Waals surface area contributed by atoms with Crippen LogP contribution in [0.3, 0.4) is 0 Å². The zero-order valence-corrected chi connectivity index (χ0v) is 11.5. The van der Waals surface area contributed by atoms with Gasteiger partial charge in [-0.2, -0.15) is 0 Å². The molecule has 0 atom stereocenters. The summed E-state index contributed by atoms with van der Waals surface area (Å²) in [7, 11) is 0. The zero-order chi connectivity index (χ0) is 14.5. The third-order valence-corrected chi connectivity index (χ3v) is 3.25. The Morgan fingerprint density at radius 3 is 2.76 bits per heavy atom. The number of hydrogen-bond acceptors (Lipinski definition) is 2. The molecule has 0 radical (unpaired) electrons. The molecule has 0 fully saturated rings. The van der Waals surface area contributed by atoms with Crippen molar-refractivity contribution in [1.82, 2.24) is 9.55 Å². The molecule has 0 N–H and O–H groups in total. The minimum atomic E-state index is 0.0349. The molecule has 3 nitrogen and oxygen atoms in total. The second-order valence-corrected chi connectivity index (χ2v) is 4.67. The van der Waals surface area contributed by atoms with Crippen LogP contribution in [-0.4, -0.2) is 9.55 Å². The average molecular weight is 274 g/mol. The van der Waals surface area contributed by atoms with E-state index in [9.17, 15) is 4.79 Å². The molecule has 0 aliphatic rings. The monoisotopic (exact) mass is 274 g/mol. The highest BCUT2D eigenvalue weighted by atomic mass is 16.1. The summed E-state index contributed by atoms with van der Waals surface area (Å²) in [5.74, 6) is 6.05. The van der Waals surface area contributed by atoms with E-state index in [0.717, 1.165) is 16.5 Å². The standard InChI is InChI=1S/C18H14N2O/c21-18-17-10-2-1-7-15(17)11-14-20(18)13-6-4-9-16-8-3-5-12-19-16/h1-3,5,7-8,10-12,14H,6,13H2. The fourth-order valence-corrected chi connectivity index (χ4v) is 2.17. The van der Waals surface area contributed by atoms with Crippen LogP contribution in [0.4, 0.5) is 0 Å². The minimum absolute atomic E-state index is 0.0349. The molecule has 0 aliphatic heterocycles. The number of pyridine rings is 2. The van der Waals surface area contributed by atoms with Crippen molar-refractivity contribution in [3.63, 3.8) is 0 Å². The van der Waals surface area contributed by atoms with Crippen LogP contribution in [0.25, 0.3) is 10.8 Å². The van der Waals surface area contributed by atoms with E-state index >= 15 is 0 Å². The second kappa shape index (κ2) is 6.06. The first-order valence-electron chi connectivity index (χ1n) is 6.83. The van der Waals surface area contributed by atoms with Gasteiger partial charge in [0.05, 0.1) is 0 Å². The molecule has 0 saturated heterocycles. The number of benzene rings is 1. The summed E-state index contributed by atoms with van der Waals surface area (Å²) in [5.41, 5.74) is 0.788. The molecule has 0 unspecified atom stereocenters. The van der Waals surface area contributed by atoms with E-state index in [4.69, 9.17) is 0 Å². The molecule has 2 heterocycles. The van der Waals surface area contributed by atoms with Crippen LogP contribution in [0, 0.1) is 11.8 Å². The van der Waals surface area contributed by atoms with E-state index in [1.807, 2.05) is 54.7 Å². The van der Waals surface area contributed by atoms with Crippen LogP contribution < -0.4 is 5.56 Å². The van der Waals surface area contributed by atoms with Gasteiger partial charge in [-0.25, -0.2) is 4.98 Å². The van der Waals surface area contributed by atoms with Gasteiger partial charge in [-0.15, -0.1) is 0 Å². The lowest BCUT2D eigenvalue weighted by molar-refractivity contribution is 0.695. The fraction of sp³-hybridized carbons (Fsp3) is 0.111. The molecular weight excluding hydrogens is 260 g/mol. The van der Waals surface area contributed by atoms with Gasteiger partial charge in [-0.1, -0.05) is 30.2 Å². The number of fused-ring (bicyclic) bond motifs is 1. The topological polar surface area (TPSA) is 34.9 Å². The largest absolute Gasteiger partial charge is 0.314 e. The van der Waals surface area contributed by atoms with Crippen molar-refractivity contribution in [2.45, 2.75) is 13.0 Å². The van der Waals surface area contributed by atoms with Crippen LogP contribution in [0.2, 0.25) is 0 Å². The van der Waals surface area contributed by atoms with Gasteiger partial charge in [0.2, 0.25) is 0 Å². The van der Waals surface area contributed by atoms with Crippen LogP contribution in [0.15, 0.2) is 65.7 Å². The van der Waals surface area contributed by atoms with Crippen molar-refractivity contribution < 1.29 is 0 Å². The summed E-state index contributed by atoms with van der Waals surface area (Å²) in [6.45, 7) is 0.587. The van der Waals surface area contributed by atoms with Crippen LogP contribution >= 0.6 is 0 Å². The average Bonchev–Trinajstić information content (AvgIpc) is 2.55. The Balaban J connectivity index is 1.76. The third kappa shape index (κ3) is 3.01. The maximum absolute atomic E-state index is 12.3. The van der Waals surface area contributed by atoms with Crippen molar-refractivity contribution in [1.29, 1.82) is 0 Å². The Labute approximate surface area is 122 Å². The smallest absolute Gasteiger partial charge is 0.258 e. The summed E-state index contributed by atoms with van der Waals surface area (Å²) in [5, 5.41) is 1.72. The Morgan fingerprint density at radius 1 is 1.05 bits per heavy atom. The van der Waals surface area contributed by atoms with Gasteiger partial charge in [0, 0.05) is 30.7 Å². The summed E-state index contributed by atoms with van der Waals surface area (Å²) < 4.78 is 1.70. The number of rotatable bonds is 2. The molecule has 0 bridgehead atoms. The Hall–Kier alpha value is -2.86. The first-order chi connectivity index (χ1) is 10.3. The molecule has 0 spiro atoms. The van der Waals surface area contributed by atoms with E-state index < -0.39 is 0 Å². The number of aryl methyl sites for hydroxylation is 1. The van der Waals surface area contributed by atoms with Gasteiger partial charge in [-0.3, -0.25) is 4.79 Å². The lowest BCUT2D eigenvalue weighted by Crippen LogP contribution is -2.19. The lowest BCUT2D eigenvalue weighted by atomic mass is 10.2. The molecule has 3 heteroatoms. The van der Waals surface area contributed by atoms with Gasteiger partial charge in [-0.05, 0) is 35.6 Å². The summed E-state index contributed by atoms with van der Waals surface area (Å²) >= 11 is 0. The van der Waals surface area contributed by atoms with Crippen molar-refractivity contribution in [2.24, 2.45) is 0 Å². The highest BCUT2D eigenvalue weighted by Gasteiger charge is 2.00. The van der Waals surface area contributed by atoms with Gasteiger partial charge >= 0.3 is 0 Å². The molecule has 3 aromatic rings. The highest BCUT2D eigenvalue weighted by Crippen LogP contribution is 2.08. The fourth-order valence-electron chi connectivity index (χ4n) is 2.17. The number of aromatic nitrogens is 2. The molecule has 1 aromatic carbocycles. The third-order valence-electron chi connectivity index (χ3n) is 3.25. The normalized spacial score (nSPS) is 10.1.